The second-order valence-corrected chi connectivity index (χ2v) is 6.20. The van der Waals surface area contributed by atoms with E-state index in [-0.39, 0.29) is 18.8 Å². The van der Waals surface area contributed by atoms with Crippen molar-refractivity contribution < 1.29 is 14.6 Å². The van der Waals surface area contributed by atoms with Crippen molar-refractivity contribution in [2.24, 2.45) is 0 Å². The lowest BCUT2D eigenvalue weighted by Gasteiger charge is -2.33. The Morgan fingerprint density at radius 3 is 2.72 bits per heavy atom. The van der Waals surface area contributed by atoms with Crippen LogP contribution in [0.4, 0.5) is 11.6 Å². The molecule has 1 aromatic carbocycles. The number of hydrogen-bond donors (Lipinski definition) is 2. The highest BCUT2D eigenvalue weighted by Crippen LogP contribution is 2.24. The van der Waals surface area contributed by atoms with Crippen LogP contribution in [0.3, 0.4) is 0 Å². The highest BCUT2D eigenvalue weighted by molar-refractivity contribution is 5.60. The quantitative estimate of drug-likeness (QED) is 0.825. The average Bonchev–Trinajstić information content (AvgIpc) is 2.64. The van der Waals surface area contributed by atoms with Crippen LogP contribution in [0.5, 0.6) is 5.75 Å². The van der Waals surface area contributed by atoms with Gasteiger partial charge >= 0.3 is 0 Å². The molecule has 0 amide bonds. The van der Waals surface area contributed by atoms with E-state index in [1.807, 2.05) is 43.3 Å². The normalized spacial score (nSPS) is 20.1. The van der Waals surface area contributed by atoms with Gasteiger partial charge in [0.2, 0.25) is 0 Å². The summed E-state index contributed by atoms with van der Waals surface area (Å²) in [5.41, 5.74) is 0.858. The summed E-state index contributed by atoms with van der Waals surface area (Å²) in [6.07, 6.45) is 4.05. The van der Waals surface area contributed by atoms with Gasteiger partial charge in [0.05, 0.1) is 19.3 Å². The molecule has 7 nitrogen and oxygen atoms in total. The van der Waals surface area contributed by atoms with Crippen molar-refractivity contribution in [1.82, 2.24) is 9.97 Å². The summed E-state index contributed by atoms with van der Waals surface area (Å²) in [6, 6.07) is 7.51. The SMILES string of the molecule is CN(C)c1nccnc1N[C@@H]1CCOC[C@H]1Oc1ccc(CO)cc1. The van der Waals surface area contributed by atoms with Crippen molar-refractivity contribution >= 4 is 11.6 Å². The molecule has 2 aromatic rings. The first-order valence-electron chi connectivity index (χ1n) is 8.36. The van der Waals surface area contributed by atoms with Crippen molar-refractivity contribution in [2.45, 2.75) is 25.2 Å². The van der Waals surface area contributed by atoms with Gasteiger partial charge in [-0.2, -0.15) is 0 Å². The molecule has 7 heteroatoms. The predicted molar refractivity (Wildman–Crippen MR) is 96.0 cm³/mol. The molecule has 25 heavy (non-hydrogen) atoms. The Hall–Kier alpha value is -2.38. The fourth-order valence-electron chi connectivity index (χ4n) is 2.78. The number of aliphatic hydroxyl groups is 1. The zero-order chi connectivity index (χ0) is 17.6. The number of nitrogens with zero attached hydrogens (tertiary/aromatic N) is 3. The smallest absolute Gasteiger partial charge is 0.171 e. The zero-order valence-electron chi connectivity index (χ0n) is 14.6. The number of rotatable bonds is 6. The van der Waals surface area contributed by atoms with Crippen molar-refractivity contribution in [3.8, 4) is 5.75 Å². The molecule has 1 aromatic heterocycles. The summed E-state index contributed by atoms with van der Waals surface area (Å²) in [5, 5.41) is 12.6. The van der Waals surface area contributed by atoms with Crippen LogP contribution in [0.1, 0.15) is 12.0 Å². The van der Waals surface area contributed by atoms with Crippen LogP contribution in [-0.2, 0) is 11.3 Å². The zero-order valence-corrected chi connectivity index (χ0v) is 14.6. The number of hydrogen-bond acceptors (Lipinski definition) is 7. The fourth-order valence-corrected chi connectivity index (χ4v) is 2.78. The van der Waals surface area contributed by atoms with E-state index in [1.54, 1.807) is 12.4 Å². The van der Waals surface area contributed by atoms with E-state index in [4.69, 9.17) is 14.6 Å². The van der Waals surface area contributed by atoms with Gasteiger partial charge in [-0.25, -0.2) is 9.97 Å². The molecule has 1 aliphatic heterocycles. The Morgan fingerprint density at radius 1 is 1.24 bits per heavy atom. The molecule has 2 N–H and O–H groups in total. The highest BCUT2D eigenvalue weighted by Gasteiger charge is 2.29. The Bertz CT molecular complexity index is 678. The summed E-state index contributed by atoms with van der Waals surface area (Å²) >= 11 is 0. The Morgan fingerprint density at radius 2 is 2.00 bits per heavy atom. The van der Waals surface area contributed by atoms with Gasteiger partial charge in [-0.15, -0.1) is 0 Å². The molecule has 0 bridgehead atoms. The molecule has 0 spiro atoms. The minimum Gasteiger partial charge on any atom is -0.486 e. The van der Waals surface area contributed by atoms with Crippen molar-refractivity contribution in [3.63, 3.8) is 0 Å². The Balaban J connectivity index is 1.72. The first kappa shape index (κ1) is 17.4. The van der Waals surface area contributed by atoms with E-state index in [2.05, 4.69) is 15.3 Å². The maximum atomic E-state index is 9.14. The number of aromatic nitrogens is 2. The molecule has 1 fully saturated rings. The van der Waals surface area contributed by atoms with Gasteiger partial charge in [-0.05, 0) is 24.1 Å². The molecule has 0 saturated carbocycles. The third kappa shape index (κ3) is 4.37. The van der Waals surface area contributed by atoms with Gasteiger partial charge in [0.15, 0.2) is 11.6 Å². The molecular weight excluding hydrogens is 320 g/mol. The highest BCUT2D eigenvalue weighted by atomic mass is 16.5. The lowest BCUT2D eigenvalue weighted by Crippen LogP contribution is -2.46. The third-order valence-electron chi connectivity index (χ3n) is 4.12. The van der Waals surface area contributed by atoms with Gasteiger partial charge in [-0.1, -0.05) is 12.1 Å². The first-order valence-corrected chi connectivity index (χ1v) is 8.36. The largest absolute Gasteiger partial charge is 0.486 e. The number of benzene rings is 1. The molecule has 3 rings (SSSR count). The Labute approximate surface area is 147 Å². The maximum Gasteiger partial charge on any atom is 0.171 e. The van der Waals surface area contributed by atoms with Gasteiger partial charge in [0.25, 0.3) is 0 Å². The van der Waals surface area contributed by atoms with E-state index in [0.29, 0.717) is 13.2 Å². The van der Waals surface area contributed by atoms with E-state index in [1.165, 1.54) is 0 Å². The van der Waals surface area contributed by atoms with Gasteiger partial charge in [0.1, 0.15) is 11.9 Å². The van der Waals surface area contributed by atoms with E-state index >= 15 is 0 Å². The van der Waals surface area contributed by atoms with Crippen LogP contribution in [0.2, 0.25) is 0 Å². The van der Waals surface area contributed by atoms with E-state index in [0.717, 1.165) is 29.4 Å². The van der Waals surface area contributed by atoms with Crippen LogP contribution in [-0.4, -0.2) is 54.5 Å². The predicted octanol–water partition coefficient (Wildman–Crippen LogP) is 1.68. The number of ether oxygens (including phenoxy) is 2. The average molecular weight is 344 g/mol. The molecule has 0 unspecified atom stereocenters. The second kappa shape index (κ2) is 8.13. The number of aliphatic hydroxyl groups excluding tert-OH is 1. The van der Waals surface area contributed by atoms with Crippen LogP contribution in [0, 0.1) is 0 Å². The number of anilines is 2. The molecule has 2 atom stereocenters. The standard InChI is InChI=1S/C18H24N4O3/c1-22(2)18-17(19-8-9-20-18)21-15-7-10-24-12-16(15)25-14-5-3-13(11-23)4-6-14/h3-6,8-9,15-16,23H,7,10-12H2,1-2H3,(H,19,21)/t15-,16-/m1/s1. The van der Waals surface area contributed by atoms with Crippen LogP contribution in [0.15, 0.2) is 36.7 Å². The third-order valence-corrected chi connectivity index (χ3v) is 4.12. The second-order valence-electron chi connectivity index (χ2n) is 6.20. The molecule has 2 heterocycles. The van der Waals surface area contributed by atoms with Crippen molar-refractivity contribution in [2.75, 3.05) is 37.5 Å². The van der Waals surface area contributed by atoms with Gasteiger partial charge in [-0.3, -0.25) is 0 Å². The minimum absolute atomic E-state index is 0.0248. The van der Waals surface area contributed by atoms with Crippen LogP contribution in [0.25, 0.3) is 0 Å². The summed E-state index contributed by atoms with van der Waals surface area (Å²) in [7, 11) is 3.88. The lowest BCUT2D eigenvalue weighted by atomic mass is 10.1. The topological polar surface area (TPSA) is 79.7 Å². The van der Waals surface area contributed by atoms with E-state index in [9.17, 15) is 0 Å². The molecule has 1 saturated heterocycles. The molecule has 1 aliphatic rings. The summed E-state index contributed by atoms with van der Waals surface area (Å²) < 4.78 is 11.7. The minimum atomic E-state index is -0.134. The fraction of sp³-hybridized carbons (Fsp3) is 0.444. The van der Waals surface area contributed by atoms with Gasteiger partial charge < -0.3 is 24.8 Å². The lowest BCUT2D eigenvalue weighted by molar-refractivity contribution is -0.000630. The van der Waals surface area contributed by atoms with Crippen LogP contribution >= 0.6 is 0 Å². The van der Waals surface area contributed by atoms with E-state index < -0.39 is 0 Å². The molecule has 0 radical (unpaired) electrons. The Kier molecular flexibility index (Phi) is 5.67. The number of nitrogens with one attached hydrogen (secondary N) is 1. The van der Waals surface area contributed by atoms with Crippen molar-refractivity contribution in [1.29, 1.82) is 0 Å². The van der Waals surface area contributed by atoms with Crippen LogP contribution < -0.4 is 15.0 Å². The van der Waals surface area contributed by atoms with Gasteiger partial charge in [0, 0.05) is 33.1 Å². The summed E-state index contributed by atoms with van der Waals surface area (Å²) in [5.74, 6) is 2.29. The first-order chi connectivity index (χ1) is 12.2. The summed E-state index contributed by atoms with van der Waals surface area (Å²) in [4.78, 5) is 10.7. The maximum absolute atomic E-state index is 9.14. The molecule has 0 aliphatic carbocycles. The van der Waals surface area contributed by atoms with Crippen molar-refractivity contribution in [3.05, 3.63) is 42.2 Å². The monoisotopic (exact) mass is 344 g/mol. The molecular formula is C18H24N4O3. The summed E-state index contributed by atoms with van der Waals surface area (Å²) in [6.45, 7) is 1.21. The molecule has 134 valence electrons.